The molecule has 1 aliphatic rings. The average molecular weight is 258 g/mol. The molecule has 1 saturated carbocycles. The zero-order valence-corrected chi connectivity index (χ0v) is 11.6. The summed E-state index contributed by atoms with van der Waals surface area (Å²) in [5.41, 5.74) is 0.970. The molecule has 1 aliphatic carbocycles. The van der Waals surface area contributed by atoms with E-state index in [0.717, 1.165) is 17.2 Å². The molecule has 1 N–H and O–H groups in total. The van der Waals surface area contributed by atoms with Crippen LogP contribution in [0.4, 0.5) is 0 Å². The third-order valence-corrected chi connectivity index (χ3v) is 3.59. The summed E-state index contributed by atoms with van der Waals surface area (Å²) in [5, 5.41) is 8.67. The molecule has 0 aliphatic heterocycles. The monoisotopic (exact) mass is 258 g/mol. The maximum absolute atomic E-state index is 8.67. The zero-order valence-electron chi connectivity index (χ0n) is 11.6. The van der Waals surface area contributed by atoms with E-state index in [0.29, 0.717) is 12.5 Å². The topological polar surface area (TPSA) is 29.5 Å². The molecule has 0 radical (unpaired) electrons. The van der Waals surface area contributed by atoms with Crippen molar-refractivity contribution in [2.24, 2.45) is 5.92 Å². The quantitative estimate of drug-likeness (QED) is 0.842. The van der Waals surface area contributed by atoms with Crippen LogP contribution < -0.4 is 4.74 Å². The molecule has 0 heterocycles. The van der Waals surface area contributed by atoms with Crippen LogP contribution in [0.15, 0.2) is 24.3 Å². The number of rotatable bonds is 3. The summed E-state index contributed by atoms with van der Waals surface area (Å²) < 4.78 is 6.00. The lowest BCUT2D eigenvalue weighted by atomic mass is 9.89. The van der Waals surface area contributed by atoms with Gasteiger partial charge in [-0.25, -0.2) is 0 Å². The molecule has 1 fully saturated rings. The van der Waals surface area contributed by atoms with Gasteiger partial charge in [-0.2, -0.15) is 0 Å². The summed E-state index contributed by atoms with van der Waals surface area (Å²) in [6.07, 6.45) is 5.78. The van der Waals surface area contributed by atoms with E-state index in [1.807, 2.05) is 24.3 Å². The van der Waals surface area contributed by atoms with E-state index in [9.17, 15) is 0 Å². The minimum atomic E-state index is 0.119. The van der Waals surface area contributed by atoms with E-state index in [1.54, 1.807) is 0 Å². The summed E-state index contributed by atoms with van der Waals surface area (Å²) in [5.74, 6) is 7.72. The third-order valence-electron chi connectivity index (χ3n) is 3.59. The second kappa shape index (κ2) is 7.21. The molecule has 0 spiro atoms. The zero-order chi connectivity index (χ0) is 13.5. The Bertz CT molecular complexity index is 431. The minimum absolute atomic E-state index is 0.119. The van der Waals surface area contributed by atoms with Gasteiger partial charge in [-0.3, -0.25) is 0 Å². The molecule has 0 unspecified atom stereocenters. The number of hydrogen-bond acceptors (Lipinski definition) is 2. The normalized spacial score (nSPS) is 22.4. The first kappa shape index (κ1) is 14.0. The molecule has 0 amide bonds. The van der Waals surface area contributed by atoms with Crippen molar-refractivity contribution in [1.29, 1.82) is 0 Å². The highest BCUT2D eigenvalue weighted by molar-refractivity contribution is 5.38. The molecule has 0 atom stereocenters. The summed E-state index contributed by atoms with van der Waals surface area (Å²) >= 11 is 0. The lowest BCUT2D eigenvalue weighted by Crippen LogP contribution is -2.22. The molecule has 102 valence electrons. The van der Waals surface area contributed by atoms with Crippen LogP contribution in [0.2, 0.25) is 0 Å². The maximum atomic E-state index is 8.67. The summed E-state index contributed by atoms with van der Waals surface area (Å²) in [6, 6.07) is 7.93. The molecule has 2 heteroatoms. The van der Waals surface area contributed by atoms with E-state index in [2.05, 4.69) is 18.8 Å². The van der Waals surface area contributed by atoms with Crippen molar-refractivity contribution in [2.75, 3.05) is 6.61 Å². The van der Waals surface area contributed by atoms with Crippen molar-refractivity contribution < 1.29 is 9.84 Å². The van der Waals surface area contributed by atoms with Crippen LogP contribution in [-0.4, -0.2) is 17.8 Å². The van der Waals surface area contributed by atoms with Gasteiger partial charge in [-0.1, -0.05) is 18.8 Å². The van der Waals surface area contributed by atoms with Gasteiger partial charge in [0.15, 0.2) is 0 Å². The van der Waals surface area contributed by atoms with Crippen molar-refractivity contribution in [3.05, 3.63) is 29.8 Å². The lowest BCUT2D eigenvalue weighted by molar-refractivity contribution is 0.135. The highest BCUT2D eigenvalue weighted by Crippen LogP contribution is 2.27. The van der Waals surface area contributed by atoms with Crippen LogP contribution in [-0.2, 0) is 0 Å². The van der Waals surface area contributed by atoms with Gasteiger partial charge >= 0.3 is 0 Å². The fraction of sp³-hybridized carbons (Fsp3) is 0.529. The van der Waals surface area contributed by atoms with Gasteiger partial charge in [0.1, 0.15) is 5.75 Å². The molecule has 0 saturated heterocycles. The number of aliphatic hydroxyl groups is 1. The van der Waals surface area contributed by atoms with Crippen LogP contribution in [0.5, 0.6) is 5.75 Å². The number of ether oxygens (including phenoxy) is 1. The fourth-order valence-electron chi connectivity index (χ4n) is 2.38. The summed E-state index contributed by atoms with van der Waals surface area (Å²) in [6.45, 7) is 2.43. The molecule has 19 heavy (non-hydrogen) atoms. The predicted molar refractivity (Wildman–Crippen MR) is 77.1 cm³/mol. The largest absolute Gasteiger partial charge is 0.490 e. The van der Waals surface area contributed by atoms with Crippen LogP contribution in [0.25, 0.3) is 0 Å². The Morgan fingerprint density at radius 1 is 1.16 bits per heavy atom. The Balaban J connectivity index is 1.87. The first-order valence-corrected chi connectivity index (χ1v) is 7.14. The third kappa shape index (κ3) is 4.61. The molecule has 0 aromatic heterocycles. The van der Waals surface area contributed by atoms with Gasteiger partial charge in [-0.15, -0.1) is 0 Å². The van der Waals surface area contributed by atoms with Gasteiger partial charge in [0, 0.05) is 12.0 Å². The summed E-state index contributed by atoms with van der Waals surface area (Å²) in [7, 11) is 0. The fourth-order valence-corrected chi connectivity index (χ4v) is 2.38. The van der Waals surface area contributed by atoms with Crippen LogP contribution >= 0.6 is 0 Å². The first-order chi connectivity index (χ1) is 9.28. The number of hydrogen-bond donors (Lipinski definition) is 1. The Kier molecular flexibility index (Phi) is 5.30. The Hall–Kier alpha value is -1.46. The van der Waals surface area contributed by atoms with Crippen molar-refractivity contribution >= 4 is 0 Å². The van der Waals surface area contributed by atoms with Gasteiger partial charge in [0.25, 0.3) is 0 Å². The SMILES string of the molecule is CC1CCC(Oc2ccc(C#CCCO)cc2)CC1. The number of aliphatic hydroxyl groups excluding tert-OH is 1. The van der Waals surface area contributed by atoms with Crippen LogP contribution in [0.3, 0.4) is 0 Å². The molecular formula is C17H22O2. The Morgan fingerprint density at radius 2 is 1.84 bits per heavy atom. The second-order valence-electron chi connectivity index (χ2n) is 5.30. The van der Waals surface area contributed by atoms with Crippen molar-refractivity contribution in [3.63, 3.8) is 0 Å². The molecule has 0 bridgehead atoms. The van der Waals surface area contributed by atoms with E-state index in [4.69, 9.17) is 9.84 Å². The molecular weight excluding hydrogens is 236 g/mol. The Labute approximate surface area is 115 Å². The van der Waals surface area contributed by atoms with Crippen molar-refractivity contribution in [2.45, 2.75) is 45.1 Å². The Morgan fingerprint density at radius 3 is 2.47 bits per heavy atom. The molecule has 1 aromatic rings. The molecule has 1 aromatic carbocycles. The van der Waals surface area contributed by atoms with Crippen LogP contribution in [0, 0.1) is 17.8 Å². The predicted octanol–water partition coefficient (Wildman–Crippen LogP) is 3.38. The van der Waals surface area contributed by atoms with Crippen molar-refractivity contribution in [3.8, 4) is 17.6 Å². The maximum Gasteiger partial charge on any atom is 0.119 e. The van der Waals surface area contributed by atoms with Gasteiger partial charge < -0.3 is 9.84 Å². The van der Waals surface area contributed by atoms with Crippen molar-refractivity contribution in [1.82, 2.24) is 0 Å². The molecule has 2 rings (SSSR count). The van der Waals surface area contributed by atoms with E-state index in [1.165, 1.54) is 25.7 Å². The summed E-state index contributed by atoms with van der Waals surface area (Å²) in [4.78, 5) is 0. The minimum Gasteiger partial charge on any atom is -0.490 e. The van der Waals surface area contributed by atoms with Gasteiger partial charge in [0.05, 0.1) is 12.7 Å². The average Bonchev–Trinajstić information content (AvgIpc) is 2.44. The molecule has 2 nitrogen and oxygen atoms in total. The van der Waals surface area contributed by atoms with Gasteiger partial charge in [0.2, 0.25) is 0 Å². The first-order valence-electron chi connectivity index (χ1n) is 7.14. The van der Waals surface area contributed by atoms with E-state index < -0.39 is 0 Å². The number of benzene rings is 1. The second-order valence-corrected chi connectivity index (χ2v) is 5.30. The standard InChI is InChI=1S/C17H22O2/c1-14-5-9-16(10-6-14)19-17-11-7-15(8-12-17)4-2-3-13-18/h7-8,11-12,14,16,18H,3,5-6,9-10,13H2,1H3. The van der Waals surface area contributed by atoms with E-state index in [-0.39, 0.29) is 6.61 Å². The van der Waals surface area contributed by atoms with Gasteiger partial charge in [-0.05, 0) is 55.9 Å². The lowest BCUT2D eigenvalue weighted by Gasteiger charge is -2.26. The highest BCUT2D eigenvalue weighted by Gasteiger charge is 2.19. The van der Waals surface area contributed by atoms with Crippen LogP contribution in [0.1, 0.15) is 44.6 Å². The van der Waals surface area contributed by atoms with E-state index >= 15 is 0 Å². The highest BCUT2D eigenvalue weighted by atomic mass is 16.5. The smallest absolute Gasteiger partial charge is 0.119 e.